The van der Waals surface area contributed by atoms with Crippen LogP contribution in [0.1, 0.15) is 28.3 Å². The zero-order chi connectivity index (χ0) is 23.7. The topological polar surface area (TPSA) is 111 Å². The Labute approximate surface area is 190 Å². The Balaban J connectivity index is 1.94. The van der Waals surface area contributed by atoms with E-state index in [1.807, 2.05) is 6.07 Å². The minimum Gasteiger partial charge on any atom is -0.508 e. The first-order chi connectivity index (χ1) is 15.8. The monoisotopic (exact) mass is 440 g/mol. The van der Waals surface area contributed by atoms with Crippen molar-refractivity contribution in [2.45, 2.75) is 13.0 Å². The number of amides is 1. The number of carbonyl (C=O) groups excluding carboxylic acids is 2. The normalized spacial score (nSPS) is 17.1. The molecule has 7 nitrogen and oxygen atoms in total. The second kappa shape index (κ2) is 8.52. The standard InChI is InChI=1S/C26H20N2O5/c1-15-12-18(8-11-21(15)33-2)24(30)22-23(17-4-3-5-20(29)13-17)28(26(32)25(22)31)19-9-6-16(14-27)7-10-19/h3-13,23,29-30H,1-2H3/b24-22-. The summed E-state index contributed by atoms with van der Waals surface area (Å²) in [5.41, 5.74) is 2.24. The van der Waals surface area contributed by atoms with E-state index in [-0.39, 0.29) is 17.1 Å². The van der Waals surface area contributed by atoms with Crippen LogP contribution >= 0.6 is 0 Å². The molecule has 164 valence electrons. The van der Waals surface area contributed by atoms with Gasteiger partial charge < -0.3 is 14.9 Å². The number of carbonyl (C=O) groups is 2. The molecule has 0 radical (unpaired) electrons. The number of benzene rings is 3. The van der Waals surface area contributed by atoms with Crippen molar-refractivity contribution < 1.29 is 24.5 Å². The van der Waals surface area contributed by atoms with Gasteiger partial charge in [0.1, 0.15) is 17.3 Å². The van der Waals surface area contributed by atoms with E-state index in [1.54, 1.807) is 61.5 Å². The number of aliphatic hydroxyl groups is 1. The molecule has 1 saturated heterocycles. The van der Waals surface area contributed by atoms with Crippen LogP contribution in [0.25, 0.3) is 5.76 Å². The Morgan fingerprint density at radius 1 is 1.06 bits per heavy atom. The summed E-state index contributed by atoms with van der Waals surface area (Å²) in [6.45, 7) is 1.80. The molecule has 0 bridgehead atoms. The van der Waals surface area contributed by atoms with Crippen molar-refractivity contribution in [3.05, 3.63) is 94.6 Å². The molecule has 1 aliphatic rings. The number of rotatable bonds is 4. The van der Waals surface area contributed by atoms with Gasteiger partial charge in [-0.3, -0.25) is 14.5 Å². The number of hydrogen-bond acceptors (Lipinski definition) is 6. The lowest BCUT2D eigenvalue weighted by atomic mass is 9.94. The molecule has 4 rings (SSSR count). The van der Waals surface area contributed by atoms with Crippen LogP contribution in [0.4, 0.5) is 5.69 Å². The fourth-order valence-corrected chi connectivity index (χ4v) is 3.99. The van der Waals surface area contributed by atoms with E-state index < -0.39 is 17.7 Å². The SMILES string of the molecule is COc1ccc(/C(O)=C2/C(=O)C(=O)N(c3ccc(C#N)cc3)C2c2cccc(O)c2)cc1C. The van der Waals surface area contributed by atoms with Crippen molar-refractivity contribution >= 4 is 23.1 Å². The Morgan fingerprint density at radius 2 is 1.79 bits per heavy atom. The van der Waals surface area contributed by atoms with Gasteiger partial charge in [-0.05, 0) is 72.6 Å². The molecule has 0 spiro atoms. The first kappa shape index (κ1) is 21.7. The highest BCUT2D eigenvalue weighted by Gasteiger charge is 2.47. The number of methoxy groups -OCH3 is 1. The van der Waals surface area contributed by atoms with Gasteiger partial charge in [0.2, 0.25) is 0 Å². The van der Waals surface area contributed by atoms with Crippen molar-refractivity contribution in [3.63, 3.8) is 0 Å². The van der Waals surface area contributed by atoms with Crippen molar-refractivity contribution in [3.8, 4) is 17.6 Å². The van der Waals surface area contributed by atoms with Crippen molar-refractivity contribution in [1.82, 2.24) is 0 Å². The van der Waals surface area contributed by atoms with Crippen LogP contribution < -0.4 is 9.64 Å². The average Bonchev–Trinajstić information content (AvgIpc) is 3.09. The highest BCUT2D eigenvalue weighted by atomic mass is 16.5. The van der Waals surface area contributed by atoms with E-state index in [2.05, 4.69) is 0 Å². The summed E-state index contributed by atoms with van der Waals surface area (Å²) in [6, 6.07) is 18.4. The van der Waals surface area contributed by atoms with Crippen molar-refractivity contribution in [2.24, 2.45) is 0 Å². The molecule has 1 unspecified atom stereocenters. The summed E-state index contributed by atoms with van der Waals surface area (Å²) in [6.07, 6.45) is 0. The molecule has 7 heteroatoms. The first-order valence-corrected chi connectivity index (χ1v) is 10.1. The summed E-state index contributed by atoms with van der Waals surface area (Å²) >= 11 is 0. The van der Waals surface area contributed by atoms with Crippen LogP contribution in [0.15, 0.2) is 72.3 Å². The van der Waals surface area contributed by atoms with Crippen LogP contribution in [0.2, 0.25) is 0 Å². The number of aryl methyl sites for hydroxylation is 1. The predicted molar refractivity (Wildman–Crippen MR) is 122 cm³/mol. The highest BCUT2D eigenvalue weighted by molar-refractivity contribution is 6.51. The molecule has 0 saturated carbocycles. The Hall–Kier alpha value is -4.57. The zero-order valence-corrected chi connectivity index (χ0v) is 17.9. The number of aromatic hydroxyl groups is 1. The minimum absolute atomic E-state index is 0.0433. The highest BCUT2D eigenvalue weighted by Crippen LogP contribution is 2.43. The lowest BCUT2D eigenvalue weighted by molar-refractivity contribution is -0.132. The number of ketones is 1. The third-order valence-electron chi connectivity index (χ3n) is 5.57. The first-order valence-electron chi connectivity index (χ1n) is 10.1. The lowest BCUT2D eigenvalue weighted by Crippen LogP contribution is -2.29. The number of hydrogen-bond donors (Lipinski definition) is 2. The van der Waals surface area contributed by atoms with Gasteiger partial charge >= 0.3 is 0 Å². The second-order valence-corrected chi connectivity index (χ2v) is 7.61. The van der Waals surface area contributed by atoms with Crippen LogP contribution in [0, 0.1) is 18.3 Å². The van der Waals surface area contributed by atoms with Gasteiger partial charge in [-0.2, -0.15) is 5.26 Å². The molecule has 0 aromatic heterocycles. The quantitative estimate of drug-likeness (QED) is 0.357. The number of phenols is 1. The Kier molecular flexibility index (Phi) is 5.59. The Morgan fingerprint density at radius 3 is 2.39 bits per heavy atom. The predicted octanol–water partition coefficient (Wildman–Crippen LogP) is 4.21. The van der Waals surface area contributed by atoms with Gasteiger partial charge in [0.15, 0.2) is 0 Å². The van der Waals surface area contributed by atoms with Gasteiger partial charge in [-0.25, -0.2) is 0 Å². The van der Waals surface area contributed by atoms with Crippen LogP contribution in [0.3, 0.4) is 0 Å². The van der Waals surface area contributed by atoms with Gasteiger partial charge in [0.05, 0.1) is 30.4 Å². The van der Waals surface area contributed by atoms with E-state index in [1.165, 1.54) is 24.1 Å². The van der Waals surface area contributed by atoms with E-state index >= 15 is 0 Å². The van der Waals surface area contributed by atoms with Gasteiger partial charge in [0, 0.05) is 11.3 Å². The maximum absolute atomic E-state index is 13.2. The molecule has 0 aliphatic carbocycles. The smallest absolute Gasteiger partial charge is 0.300 e. The Bertz CT molecular complexity index is 1340. The van der Waals surface area contributed by atoms with E-state index in [0.717, 1.165) is 5.56 Å². The summed E-state index contributed by atoms with van der Waals surface area (Å²) < 4.78 is 5.26. The van der Waals surface area contributed by atoms with Crippen LogP contribution in [-0.2, 0) is 9.59 Å². The zero-order valence-electron chi connectivity index (χ0n) is 17.9. The molecule has 1 amide bonds. The number of anilines is 1. The number of aliphatic hydroxyl groups excluding tert-OH is 1. The molecular formula is C26H20N2O5. The lowest BCUT2D eigenvalue weighted by Gasteiger charge is -2.25. The summed E-state index contributed by atoms with van der Waals surface area (Å²) in [4.78, 5) is 27.5. The molecular weight excluding hydrogens is 420 g/mol. The molecule has 2 N–H and O–H groups in total. The van der Waals surface area contributed by atoms with Crippen LogP contribution in [0.5, 0.6) is 11.5 Å². The average molecular weight is 440 g/mol. The largest absolute Gasteiger partial charge is 0.508 e. The summed E-state index contributed by atoms with van der Waals surface area (Å²) in [5, 5.41) is 30.3. The maximum atomic E-state index is 13.2. The number of Topliss-reactive ketones (excluding diaryl/α,β-unsaturated/α-hetero) is 1. The number of nitrogens with zero attached hydrogens (tertiary/aromatic N) is 2. The van der Waals surface area contributed by atoms with Crippen molar-refractivity contribution in [1.29, 1.82) is 5.26 Å². The van der Waals surface area contributed by atoms with Crippen LogP contribution in [-0.4, -0.2) is 29.0 Å². The van der Waals surface area contributed by atoms with Gasteiger partial charge in [-0.15, -0.1) is 0 Å². The number of nitriles is 1. The summed E-state index contributed by atoms with van der Waals surface area (Å²) in [5.74, 6) is -1.42. The third kappa shape index (κ3) is 3.79. The molecule has 3 aromatic rings. The number of ether oxygens (including phenoxy) is 1. The minimum atomic E-state index is -0.979. The fraction of sp³-hybridized carbons (Fsp3) is 0.115. The van der Waals surface area contributed by atoms with Crippen molar-refractivity contribution in [2.75, 3.05) is 12.0 Å². The molecule has 33 heavy (non-hydrogen) atoms. The maximum Gasteiger partial charge on any atom is 0.300 e. The summed E-state index contributed by atoms with van der Waals surface area (Å²) in [7, 11) is 1.53. The molecule has 1 aliphatic heterocycles. The van der Waals surface area contributed by atoms with E-state index in [0.29, 0.717) is 28.1 Å². The molecule has 1 atom stereocenters. The van der Waals surface area contributed by atoms with Gasteiger partial charge in [0.25, 0.3) is 11.7 Å². The number of phenolic OH excluding ortho intramolecular Hbond substituents is 1. The molecule has 1 heterocycles. The van der Waals surface area contributed by atoms with E-state index in [4.69, 9.17) is 10.00 Å². The molecule has 1 fully saturated rings. The van der Waals surface area contributed by atoms with E-state index in [9.17, 15) is 19.8 Å². The molecule has 3 aromatic carbocycles. The second-order valence-electron chi connectivity index (χ2n) is 7.61. The third-order valence-corrected chi connectivity index (χ3v) is 5.57. The van der Waals surface area contributed by atoms with Gasteiger partial charge in [-0.1, -0.05) is 12.1 Å². The fourth-order valence-electron chi connectivity index (χ4n) is 3.99.